The number of quaternary nitrogens is 1. The molecule has 0 saturated carbocycles. The first kappa shape index (κ1) is 20.6. The Hall–Kier alpha value is -2.12. The second-order valence-corrected chi connectivity index (χ2v) is 8.50. The number of benzene rings is 1. The molecule has 7 nitrogen and oxygen atoms in total. The first-order valence-corrected chi connectivity index (χ1v) is 10.1. The van der Waals surface area contributed by atoms with Gasteiger partial charge in [-0.15, -0.1) is 0 Å². The minimum Gasteiger partial charge on any atom is -0.444 e. The number of hydrogen-bond donors (Lipinski definition) is 2. The Morgan fingerprint density at radius 1 is 1.21 bits per heavy atom. The summed E-state index contributed by atoms with van der Waals surface area (Å²) in [6.07, 6.45) is 0.0621. The van der Waals surface area contributed by atoms with E-state index in [4.69, 9.17) is 9.47 Å². The topological polar surface area (TPSA) is 72.3 Å². The number of rotatable bonds is 4. The average molecular weight is 391 g/mol. The average Bonchev–Trinajstić information content (AvgIpc) is 2.66. The van der Waals surface area contributed by atoms with E-state index < -0.39 is 17.7 Å². The van der Waals surface area contributed by atoms with Crippen molar-refractivity contribution in [1.29, 1.82) is 0 Å². The van der Waals surface area contributed by atoms with Crippen molar-refractivity contribution < 1.29 is 24.0 Å². The zero-order chi connectivity index (χ0) is 20.1. The molecule has 3 rings (SSSR count). The second kappa shape index (κ2) is 8.92. The maximum Gasteiger partial charge on any atom is 0.411 e. The number of amides is 2. The molecule has 1 aromatic rings. The van der Waals surface area contributed by atoms with Crippen LogP contribution in [0.15, 0.2) is 24.3 Å². The predicted molar refractivity (Wildman–Crippen MR) is 105 cm³/mol. The van der Waals surface area contributed by atoms with Crippen molar-refractivity contribution in [2.75, 3.05) is 39.4 Å². The number of morpholine rings is 1. The SMILES string of the molecule is CC(C)(C)OC(=O)N1Cc2ccccc2C[C@H]1C(=O)NCC[NH+]1CCOCC1. The Morgan fingerprint density at radius 2 is 1.89 bits per heavy atom. The van der Waals surface area contributed by atoms with Gasteiger partial charge in [-0.2, -0.15) is 0 Å². The smallest absolute Gasteiger partial charge is 0.411 e. The molecule has 0 aromatic heterocycles. The molecule has 0 aliphatic carbocycles. The number of carbonyl (C=O) groups is 2. The van der Waals surface area contributed by atoms with Gasteiger partial charge in [-0.3, -0.25) is 9.69 Å². The van der Waals surface area contributed by atoms with Crippen molar-refractivity contribution >= 4 is 12.0 Å². The molecule has 28 heavy (non-hydrogen) atoms. The Bertz CT molecular complexity index is 695. The van der Waals surface area contributed by atoms with Gasteiger partial charge in [-0.05, 0) is 31.9 Å². The van der Waals surface area contributed by atoms with E-state index in [1.807, 2.05) is 45.0 Å². The van der Waals surface area contributed by atoms with E-state index in [0.29, 0.717) is 19.5 Å². The lowest BCUT2D eigenvalue weighted by atomic mass is 9.94. The quantitative estimate of drug-likeness (QED) is 0.780. The summed E-state index contributed by atoms with van der Waals surface area (Å²) in [6, 6.07) is 7.41. The van der Waals surface area contributed by atoms with Gasteiger partial charge in [0.15, 0.2) is 0 Å². The molecule has 2 aliphatic rings. The van der Waals surface area contributed by atoms with Gasteiger partial charge in [0.1, 0.15) is 24.7 Å². The van der Waals surface area contributed by atoms with E-state index in [-0.39, 0.29) is 5.91 Å². The van der Waals surface area contributed by atoms with Gasteiger partial charge in [0.2, 0.25) is 5.91 Å². The van der Waals surface area contributed by atoms with Crippen LogP contribution in [-0.2, 0) is 27.2 Å². The highest BCUT2D eigenvalue weighted by atomic mass is 16.6. The first-order chi connectivity index (χ1) is 13.3. The highest BCUT2D eigenvalue weighted by molar-refractivity contribution is 5.86. The molecule has 1 fully saturated rings. The van der Waals surface area contributed by atoms with E-state index >= 15 is 0 Å². The number of nitrogens with zero attached hydrogens (tertiary/aromatic N) is 1. The van der Waals surface area contributed by atoms with Crippen LogP contribution < -0.4 is 10.2 Å². The zero-order valence-corrected chi connectivity index (χ0v) is 17.1. The molecule has 0 bridgehead atoms. The van der Waals surface area contributed by atoms with Crippen LogP contribution in [0, 0.1) is 0 Å². The van der Waals surface area contributed by atoms with Gasteiger partial charge >= 0.3 is 6.09 Å². The fourth-order valence-electron chi connectivity index (χ4n) is 3.66. The van der Waals surface area contributed by atoms with Gasteiger partial charge < -0.3 is 19.7 Å². The third-order valence-electron chi connectivity index (χ3n) is 5.16. The van der Waals surface area contributed by atoms with E-state index in [9.17, 15) is 9.59 Å². The molecule has 7 heteroatoms. The first-order valence-electron chi connectivity index (χ1n) is 10.1. The van der Waals surface area contributed by atoms with Crippen LogP contribution in [0.2, 0.25) is 0 Å². The summed E-state index contributed by atoms with van der Waals surface area (Å²) in [5.74, 6) is -0.118. The normalized spacial score (nSPS) is 20.4. The Balaban J connectivity index is 1.65. The number of fused-ring (bicyclic) bond motifs is 1. The molecule has 154 valence electrons. The zero-order valence-electron chi connectivity index (χ0n) is 17.1. The van der Waals surface area contributed by atoms with Gasteiger partial charge in [0.05, 0.1) is 32.8 Å². The van der Waals surface area contributed by atoms with Crippen LogP contribution in [0.3, 0.4) is 0 Å². The fourth-order valence-corrected chi connectivity index (χ4v) is 3.66. The molecule has 2 amide bonds. The van der Waals surface area contributed by atoms with Gasteiger partial charge in [0, 0.05) is 6.42 Å². The minimum atomic E-state index is -0.602. The second-order valence-electron chi connectivity index (χ2n) is 8.50. The Labute approximate surface area is 167 Å². The lowest BCUT2D eigenvalue weighted by Crippen LogP contribution is -3.14. The Morgan fingerprint density at radius 3 is 2.57 bits per heavy atom. The molecule has 1 aromatic carbocycles. The van der Waals surface area contributed by atoms with E-state index in [1.54, 1.807) is 4.90 Å². The van der Waals surface area contributed by atoms with Crippen molar-refractivity contribution in [3.05, 3.63) is 35.4 Å². The van der Waals surface area contributed by atoms with E-state index in [1.165, 1.54) is 4.90 Å². The van der Waals surface area contributed by atoms with Crippen LogP contribution in [0.4, 0.5) is 4.79 Å². The van der Waals surface area contributed by atoms with Crippen LogP contribution in [0.25, 0.3) is 0 Å². The molecule has 1 atom stereocenters. The van der Waals surface area contributed by atoms with Crippen molar-refractivity contribution in [1.82, 2.24) is 10.2 Å². The van der Waals surface area contributed by atoms with Crippen LogP contribution in [0.1, 0.15) is 31.9 Å². The standard InChI is InChI=1S/C21H31N3O4/c1-21(2,3)28-20(26)24-15-17-7-5-4-6-16(17)14-18(24)19(25)22-8-9-23-10-12-27-13-11-23/h4-7,18H,8-15H2,1-3H3,(H,22,25)/p+1/t18-/m0/s1. The minimum absolute atomic E-state index is 0.118. The molecule has 0 spiro atoms. The summed E-state index contributed by atoms with van der Waals surface area (Å²) in [6.45, 7) is 10.8. The molecule has 2 heterocycles. The summed E-state index contributed by atoms with van der Waals surface area (Å²) in [7, 11) is 0. The van der Waals surface area contributed by atoms with Gasteiger partial charge in [-0.25, -0.2) is 4.79 Å². The molecular formula is C21H32N3O4+. The summed E-state index contributed by atoms with van der Waals surface area (Å²) in [4.78, 5) is 28.7. The molecule has 1 saturated heterocycles. The number of ether oxygens (including phenoxy) is 2. The molecule has 0 unspecified atom stereocenters. The van der Waals surface area contributed by atoms with Gasteiger partial charge in [0.25, 0.3) is 0 Å². The number of hydrogen-bond acceptors (Lipinski definition) is 4. The number of carbonyl (C=O) groups excluding carboxylic acids is 2. The van der Waals surface area contributed by atoms with E-state index in [0.717, 1.165) is 44.0 Å². The third-order valence-corrected chi connectivity index (χ3v) is 5.16. The summed E-state index contributed by atoms with van der Waals surface area (Å²) < 4.78 is 10.9. The highest BCUT2D eigenvalue weighted by Crippen LogP contribution is 2.25. The predicted octanol–water partition coefficient (Wildman–Crippen LogP) is 0.380. The molecular weight excluding hydrogens is 358 g/mol. The van der Waals surface area contributed by atoms with Crippen molar-refractivity contribution in [2.45, 2.75) is 45.4 Å². The number of nitrogens with one attached hydrogen (secondary N) is 2. The largest absolute Gasteiger partial charge is 0.444 e. The maximum absolute atomic E-state index is 12.9. The molecule has 2 aliphatic heterocycles. The lowest BCUT2D eigenvalue weighted by molar-refractivity contribution is -0.906. The summed E-state index contributed by atoms with van der Waals surface area (Å²) >= 11 is 0. The van der Waals surface area contributed by atoms with Crippen LogP contribution in [0.5, 0.6) is 0 Å². The van der Waals surface area contributed by atoms with Crippen molar-refractivity contribution in [3.63, 3.8) is 0 Å². The maximum atomic E-state index is 12.9. The van der Waals surface area contributed by atoms with E-state index in [2.05, 4.69) is 5.32 Å². The highest BCUT2D eigenvalue weighted by Gasteiger charge is 2.36. The molecule has 2 N–H and O–H groups in total. The van der Waals surface area contributed by atoms with Crippen molar-refractivity contribution in [2.24, 2.45) is 0 Å². The summed E-state index contributed by atoms with van der Waals surface area (Å²) in [5, 5.41) is 3.03. The Kier molecular flexibility index (Phi) is 6.57. The summed E-state index contributed by atoms with van der Waals surface area (Å²) in [5.41, 5.74) is 1.57. The lowest BCUT2D eigenvalue weighted by Gasteiger charge is -2.37. The van der Waals surface area contributed by atoms with Crippen LogP contribution in [-0.4, -0.2) is 67.9 Å². The molecule has 0 radical (unpaired) electrons. The third kappa shape index (κ3) is 5.45. The monoisotopic (exact) mass is 390 g/mol. The van der Waals surface area contributed by atoms with Crippen LogP contribution >= 0.6 is 0 Å². The van der Waals surface area contributed by atoms with Gasteiger partial charge in [-0.1, -0.05) is 24.3 Å². The van der Waals surface area contributed by atoms with Crippen molar-refractivity contribution in [3.8, 4) is 0 Å². The fraction of sp³-hybridized carbons (Fsp3) is 0.619.